The van der Waals surface area contributed by atoms with Crippen molar-refractivity contribution in [3.63, 3.8) is 0 Å². The van der Waals surface area contributed by atoms with Crippen LogP contribution in [0, 0.1) is 0 Å². The first-order valence-electron chi connectivity index (χ1n) is 6.63. The average molecular weight is 219 g/mol. The van der Waals surface area contributed by atoms with Crippen molar-refractivity contribution in [3.05, 3.63) is 17.7 Å². The van der Waals surface area contributed by atoms with Gasteiger partial charge in [0.05, 0.1) is 5.69 Å². The zero-order chi connectivity index (χ0) is 11.0. The van der Waals surface area contributed by atoms with Crippen LogP contribution < -0.4 is 5.32 Å². The molecule has 0 aromatic carbocycles. The van der Waals surface area contributed by atoms with Gasteiger partial charge in [-0.2, -0.15) is 0 Å². The van der Waals surface area contributed by atoms with Gasteiger partial charge >= 0.3 is 0 Å². The summed E-state index contributed by atoms with van der Waals surface area (Å²) < 4.78 is 2.41. The highest BCUT2D eigenvalue weighted by atomic mass is 15.1. The average Bonchev–Trinajstić information content (AvgIpc) is 2.76. The number of aromatic nitrogens is 2. The Labute approximate surface area is 97.3 Å². The van der Waals surface area contributed by atoms with Crippen LogP contribution in [0.25, 0.3) is 0 Å². The van der Waals surface area contributed by atoms with Crippen LogP contribution in [0.1, 0.15) is 56.1 Å². The normalized spacial score (nSPS) is 30.1. The molecule has 1 aromatic heterocycles. The van der Waals surface area contributed by atoms with E-state index in [0.29, 0.717) is 12.0 Å². The van der Waals surface area contributed by atoms with Gasteiger partial charge in [0.25, 0.3) is 0 Å². The Kier molecular flexibility index (Phi) is 2.72. The number of aryl methyl sites for hydroxylation is 1. The van der Waals surface area contributed by atoms with E-state index in [1.165, 1.54) is 50.2 Å². The lowest BCUT2D eigenvalue weighted by Crippen LogP contribution is -2.28. The molecule has 0 unspecified atom stereocenters. The topological polar surface area (TPSA) is 29.9 Å². The third kappa shape index (κ3) is 1.77. The maximum absolute atomic E-state index is 4.85. The van der Waals surface area contributed by atoms with Crippen molar-refractivity contribution in [2.45, 2.75) is 51.0 Å². The van der Waals surface area contributed by atoms with Crippen molar-refractivity contribution in [1.82, 2.24) is 14.9 Å². The maximum Gasteiger partial charge on any atom is 0.109 e. The lowest BCUT2D eigenvalue weighted by Gasteiger charge is -2.21. The van der Waals surface area contributed by atoms with E-state index in [-0.39, 0.29) is 0 Å². The van der Waals surface area contributed by atoms with Crippen molar-refractivity contribution < 1.29 is 0 Å². The highest BCUT2D eigenvalue weighted by molar-refractivity contribution is 5.13. The molecule has 2 aliphatic rings. The monoisotopic (exact) mass is 219 g/mol. The number of rotatable bonds is 1. The van der Waals surface area contributed by atoms with Crippen LogP contribution in [0.2, 0.25) is 0 Å². The molecule has 1 aromatic rings. The molecule has 1 fully saturated rings. The van der Waals surface area contributed by atoms with Crippen LogP contribution in [-0.4, -0.2) is 22.6 Å². The number of hydrogen-bond donors (Lipinski definition) is 1. The summed E-state index contributed by atoms with van der Waals surface area (Å²) in [4.78, 5) is 4.85. The van der Waals surface area contributed by atoms with Crippen molar-refractivity contribution in [3.8, 4) is 0 Å². The lowest BCUT2D eigenvalue weighted by molar-refractivity contribution is 0.425. The van der Waals surface area contributed by atoms with Gasteiger partial charge in [0.1, 0.15) is 5.82 Å². The van der Waals surface area contributed by atoms with Gasteiger partial charge in [-0.15, -0.1) is 0 Å². The molecule has 1 N–H and O–H groups in total. The van der Waals surface area contributed by atoms with E-state index < -0.39 is 0 Å². The second-order valence-corrected chi connectivity index (χ2v) is 5.27. The summed E-state index contributed by atoms with van der Waals surface area (Å²) >= 11 is 0. The van der Waals surface area contributed by atoms with Crippen molar-refractivity contribution >= 4 is 0 Å². The summed E-state index contributed by atoms with van der Waals surface area (Å²) in [6, 6.07) is 0.654. The molecule has 2 aliphatic heterocycles. The van der Waals surface area contributed by atoms with Crippen LogP contribution in [-0.2, 0) is 6.42 Å². The van der Waals surface area contributed by atoms with E-state index in [0.717, 1.165) is 6.54 Å². The minimum atomic E-state index is 0.652. The number of imidazole rings is 1. The molecular weight excluding hydrogens is 198 g/mol. The van der Waals surface area contributed by atoms with Gasteiger partial charge in [-0.3, -0.25) is 0 Å². The molecular formula is C13H21N3. The second kappa shape index (κ2) is 4.21. The molecule has 3 heteroatoms. The van der Waals surface area contributed by atoms with Crippen LogP contribution in [0.15, 0.2) is 6.20 Å². The smallest absolute Gasteiger partial charge is 0.109 e. The Morgan fingerprint density at radius 3 is 3.06 bits per heavy atom. The quantitative estimate of drug-likeness (QED) is 0.785. The van der Waals surface area contributed by atoms with Crippen molar-refractivity contribution in [2.24, 2.45) is 0 Å². The Morgan fingerprint density at radius 2 is 2.31 bits per heavy atom. The highest BCUT2D eigenvalue weighted by Crippen LogP contribution is 2.28. The molecule has 88 valence electrons. The number of piperidine rings is 1. The Morgan fingerprint density at radius 1 is 1.38 bits per heavy atom. The van der Waals surface area contributed by atoms with Crippen LogP contribution >= 0.6 is 0 Å². The lowest BCUT2D eigenvalue weighted by atomic mass is 9.97. The summed E-state index contributed by atoms with van der Waals surface area (Å²) in [5.41, 5.74) is 1.33. The molecule has 0 bridgehead atoms. The minimum absolute atomic E-state index is 0.652. The zero-order valence-electron chi connectivity index (χ0n) is 10.1. The molecule has 1 saturated heterocycles. The van der Waals surface area contributed by atoms with Crippen molar-refractivity contribution in [1.29, 1.82) is 0 Å². The molecule has 3 heterocycles. The summed E-state index contributed by atoms with van der Waals surface area (Å²) in [5.74, 6) is 1.97. The predicted octanol–water partition coefficient (Wildman–Crippen LogP) is 2.25. The van der Waals surface area contributed by atoms with Crippen LogP contribution in [0.4, 0.5) is 0 Å². The molecule has 3 rings (SSSR count). The molecule has 0 aliphatic carbocycles. The van der Waals surface area contributed by atoms with Gasteiger partial charge in [-0.05, 0) is 39.2 Å². The fourth-order valence-corrected chi connectivity index (χ4v) is 3.01. The van der Waals surface area contributed by atoms with Gasteiger partial charge in [0, 0.05) is 31.1 Å². The number of nitrogens with zero attached hydrogens (tertiary/aromatic N) is 2. The van der Waals surface area contributed by atoms with E-state index >= 15 is 0 Å². The standard InChI is InChI=1S/C13H21N3/c1-10-4-2-6-13-15-12(9-16(10)13)11-5-3-7-14-8-11/h9-11,14H,2-8H2,1H3/t10-,11-/m1/s1. The van der Waals surface area contributed by atoms with Crippen LogP contribution in [0.3, 0.4) is 0 Å². The molecule has 16 heavy (non-hydrogen) atoms. The summed E-state index contributed by atoms with van der Waals surface area (Å²) in [6.07, 6.45) is 8.70. The Hall–Kier alpha value is -0.830. The maximum atomic E-state index is 4.85. The summed E-state index contributed by atoms with van der Waals surface area (Å²) in [7, 11) is 0. The predicted molar refractivity (Wildman–Crippen MR) is 64.7 cm³/mol. The third-order valence-electron chi connectivity index (χ3n) is 4.04. The van der Waals surface area contributed by atoms with Crippen LogP contribution in [0.5, 0.6) is 0 Å². The Bertz CT molecular complexity index is 363. The minimum Gasteiger partial charge on any atom is -0.332 e. The van der Waals surface area contributed by atoms with Gasteiger partial charge in [0.15, 0.2) is 0 Å². The molecule has 2 atom stereocenters. The summed E-state index contributed by atoms with van der Waals surface area (Å²) in [6.45, 7) is 4.61. The molecule has 0 saturated carbocycles. The summed E-state index contributed by atoms with van der Waals surface area (Å²) in [5, 5.41) is 3.48. The number of nitrogens with one attached hydrogen (secondary N) is 1. The van der Waals surface area contributed by atoms with E-state index in [1.807, 2.05) is 0 Å². The van der Waals surface area contributed by atoms with E-state index in [2.05, 4.69) is 23.0 Å². The van der Waals surface area contributed by atoms with Gasteiger partial charge < -0.3 is 9.88 Å². The van der Waals surface area contributed by atoms with Crippen molar-refractivity contribution in [2.75, 3.05) is 13.1 Å². The highest BCUT2D eigenvalue weighted by Gasteiger charge is 2.23. The molecule has 3 nitrogen and oxygen atoms in total. The Balaban J connectivity index is 1.85. The van der Waals surface area contributed by atoms with Gasteiger partial charge in [-0.25, -0.2) is 4.98 Å². The largest absolute Gasteiger partial charge is 0.332 e. The first kappa shape index (κ1) is 10.3. The fourth-order valence-electron chi connectivity index (χ4n) is 3.01. The molecule has 0 radical (unpaired) electrons. The number of hydrogen-bond acceptors (Lipinski definition) is 2. The van der Waals surface area contributed by atoms with E-state index in [1.54, 1.807) is 0 Å². The SMILES string of the molecule is C[C@@H]1CCCc2nc([C@@H]3CCCNC3)cn21. The van der Waals surface area contributed by atoms with Gasteiger partial charge in [-0.1, -0.05) is 0 Å². The second-order valence-electron chi connectivity index (χ2n) is 5.27. The fraction of sp³-hybridized carbons (Fsp3) is 0.769. The van der Waals surface area contributed by atoms with E-state index in [4.69, 9.17) is 4.98 Å². The third-order valence-corrected chi connectivity index (χ3v) is 4.04. The molecule has 0 spiro atoms. The number of fused-ring (bicyclic) bond motifs is 1. The first-order chi connectivity index (χ1) is 7.84. The van der Waals surface area contributed by atoms with E-state index in [9.17, 15) is 0 Å². The molecule has 0 amide bonds. The zero-order valence-corrected chi connectivity index (χ0v) is 10.1. The first-order valence-corrected chi connectivity index (χ1v) is 6.63. The van der Waals surface area contributed by atoms with Gasteiger partial charge in [0.2, 0.25) is 0 Å².